The lowest BCUT2D eigenvalue weighted by atomic mass is 9.98. The summed E-state index contributed by atoms with van der Waals surface area (Å²) >= 11 is 0. The van der Waals surface area contributed by atoms with Crippen LogP contribution in [0, 0.1) is 5.82 Å². The van der Waals surface area contributed by atoms with Gasteiger partial charge in [0.05, 0.1) is 6.10 Å². The molecule has 1 amide bonds. The molecule has 6 nitrogen and oxygen atoms in total. The van der Waals surface area contributed by atoms with Crippen molar-refractivity contribution in [2.75, 3.05) is 6.61 Å². The summed E-state index contributed by atoms with van der Waals surface area (Å²) in [6, 6.07) is 5.39. The van der Waals surface area contributed by atoms with Gasteiger partial charge in [-0.2, -0.15) is 4.98 Å². The van der Waals surface area contributed by atoms with Crippen molar-refractivity contribution in [1.29, 1.82) is 0 Å². The molecule has 1 aliphatic carbocycles. The van der Waals surface area contributed by atoms with Gasteiger partial charge in [0.1, 0.15) is 18.5 Å². The second-order valence-corrected chi connectivity index (χ2v) is 6.32. The van der Waals surface area contributed by atoms with Crippen LogP contribution >= 0.6 is 0 Å². The highest BCUT2D eigenvalue weighted by Crippen LogP contribution is 2.21. The first-order chi connectivity index (χ1) is 12.1. The summed E-state index contributed by atoms with van der Waals surface area (Å²) in [6.45, 7) is 1.80. The van der Waals surface area contributed by atoms with E-state index in [1.807, 2.05) is 0 Å². The number of nitrogens with one attached hydrogen (secondary N) is 1. The van der Waals surface area contributed by atoms with E-state index in [4.69, 9.17) is 9.26 Å². The highest BCUT2D eigenvalue weighted by Gasteiger charge is 2.19. The van der Waals surface area contributed by atoms with Crippen LogP contribution in [0.3, 0.4) is 0 Å². The van der Waals surface area contributed by atoms with Gasteiger partial charge in [-0.1, -0.05) is 24.4 Å². The number of carbonyl (C=O) groups excluding carboxylic acids is 1. The zero-order valence-electron chi connectivity index (χ0n) is 14.2. The number of aromatic nitrogens is 2. The number of halogens is 1. The van der Waals surface area contributed by atoms with E-state index in [0.29, 0.717) is 17.3 Å². The Kier molecular flexibility index (Phi) is 5.75. The first kappa shape index (κ1) is 17.5. The van der Waals surface area contributed by atoms with Crippen molar-refractivity contribution >= 4 is 5.91 Å². The normalized spacial score (nSPS) is 16.6. The van der Waals surface area contributed by atoms with E-state index in [2.05, 4.69) is 15.5 Å². The molecule has 1 atom stereocenters. The Morgan fingerprint density at radius 2 is 2.04 bits per heavy atom. The first-order valence-corrected chi connectivity index (χ1v) is 8.62. The van der Waals surface area contributed by atoms with Crippen molar-refractivity contribution in [1.82, 2.24) is 15.5 Å². The molecule has 0 spiro atoms. The SMILES string of the molecule is C[C@@H](NC(=O)COC1CCCCC1)c1nc(-c2ccc(F)cc2)no1. The van der Waals surface area contributed by atoms with Gasteiger partial charge in [-0.25, -0.2) is 4.39 Å². The zero-order valence-corrected chi connectivity index (χ0v) is 14.2. The van der Waals surface area contributed by atoms with E-state index in [0.717, 1.165) is 25.7 Å². The molecule has 1 aromatic heterocycles. The number of benzene rings is 1. The molecule has 7 heteroatoms. The van der Waals surface area contributed by atoms with Crippen LogP contribution in [0.25, 0.3) is 11.4 Å². The van der Waals surface area contributed by atoms with Crippen LogP contribution in [-0.4, -0.2) is 28.8 Å². The molecule has 0 unspecified atom stereocenters. The summed E-state index contributed by atoms with van der Waals surface area (Å²) in [5.74, 6) is 0.116. The Morgan fingerprint density at radius 1 is 1.32 bits per heavy atom. The van der Waals surface area contributed by atoms with Gasteiger partial charge in [-0.15, -0.1) is 0 Å². The zero-order chi connectivity index (χ0) is 17.6. The van der Waals surface area contributed by atoms with Crippen LogP contribution in [0.4, 0.5) is 4.39 Å². The van der Waals surface area contributed by atoms with E-state index in [1.54, 1.807) is 19.1 Å². The molecule has 2 aromatic rings. The minimum Gasteiger partial charge on any atom is -0.368 e. The van der Waals surface area contributed by atoms with Crippen LogP contribution in [0.2, 0.25) is 0 Å². The maximum Gasteiger partial charge on any atom is 0.249 e. The van der Waals surface area contributed by atoms with Gasteiger partial charge in [0.25, 0.3) is 0 Å². The summed E-state index contributed by atoms with van der Waals surface area (Å²) in [6.07, 6.45) is 5.80. The third kappa shape index (κ3) is 4.85. The molecule has 1 saturated carbocycles. The lowest BCUT2D eigenvalue weighted by Crippen LogP contribution is -2.32. The number of rotatable bonds is 6. The molecule has 0 aliphatic heterocycles. The monoisotopic (exact) mass is 347 g/mol. The van der Waals surface area contributed by atoms with Crippen molar-refractivity contribution in [2.45, 2.75) is 51.2 Å². The Balaban J connectivity index is 1.51. The third-order valence-electron chi connectivity index (χ3n) is 4.29. The standard InChI is InChI=1S/C18H22FN3O3/c1-12(20-16(23)11-24-15-5-3-2-4-6-15)18-21-17(22-25-18)13-7-9-14(19)10-8-13/h7-10,12,15H,2-6,11H2,1H3,(H,20,23)/t12-/m1/s1. The Morgan fingerprint density at radius 3 is 2.76 bits per heavy atom. The highest BCUT2D eigenvalue weighted by atomic mass is 19.1. The second kappa shape index (κ2) is 8.20. The fourth-order valence-electron chi connectivity index (χ4n) is 2.90. The van der Waals surface area contributed by atoms with Gasteiger partial charge in [0.2, 0.25) is 17.6 Å². The Hall–Kier alpha value is -2.28. The average Bonchev–Trinajstić information content (AvgIpc) is 3.12. The lowest BCUT2D eigenvalue weighted by Gasteiger charge is -2.21. The van der Waals surface area contributed by atoms with Crippen molar-refractivity contribution in [3.05, 3.63) is 36.0 Å². The molecule has 134 valence electrons. The minimum atomic E-state index is -0.427. The lowest BCUT2D eigenvalue weighted by molar-refractivity contribution is -0.129. The number of hydrogen-bond donors (Lipinski definition) is 1. The molecular weight excluding hydrogens is 325 g/mol. The molecule has 0 saturated heterocycles. The Labute approximate surface area is 145 Å². The molecule has 1 aliphatic rings. The van der Waals surface area contributed by atoms with Gasteiger partial charge in [-0.05, 0) is 44.0 Å². The number of hydrogen-bond acceptors (Lipinski definition) is 5. The van der Waals surface area contributed by atoms with Crippen molar-refractivity contribution in [2.24, 2.45) is 0 Å². The topological polar surface area (TPSA) is 77.2 Å². The average molecular weight is 347 g/mol. The predicted molar refractivity (Wildman–Crippen MR) is 89.1 cm³/mol. The maximum absolute atomic E-state index is 13.0. The van der Waals surface area contributed by atoms with E-state index in [9.17, 15) is 9.18 Å². The first-order valence-electron chi connectivity index (χ1n) is 8.62. The summed E-state index contributed by atoms with van der Waals surface area (Å²) in [4.78, 5) is 16.3. The summed E-state index contributed by atoms with van der Waals surface area (Å²) < 4.78 is 23.8. The van der Waals surface area contributed by atoms with Gasteiger partial charge >= 0.3 is 0 Å². The third-order valence-corrected chi connectivity index (χ3v) is 4.29. The van der Waals surface area contributed by atoms with Crippen molar-refractivity contribution in [3.63, 3.8) is 0 Å². The molecule has 0 bridgehead atoms. The van der Waals surface area contributed by atoms with E-state index in [-0.39, 0.29) is 24.4 Å². The highest BCUT2D eigenvalue weighted by molar-refractivity contribution is 5.77. The molecule has 1 N–H and O–H groups in total. The van der Waals surface area contributed by atoms with Crippen LogP contribution in [-0.2, 0) is 9.53 Å². The molecule has 1 heterocycles. The second-order valence-electron chi connectivity index (χ2n) is 6.32. The van der Waals surface area contributed by atoms with Gasteiger partial charge < -0.3 is 14.6 Å². The van der Waals surface area contributed by atoms with Gasteiger partial charge in [0.15, 0.2) is 0 Å². The van der Waals surface area contributed by atoms with Gasteiger partial charge in [-0.3, -0.25) is 4.79 Å². The number of nitrogens with zero attached hydrogens (tertiary/aromatic N) is 2. The summed E-state index contributed by atoms with van der Waals surface area (Å²) in [5, 5.41) is 6.66. The summed E-state index contributed by atoms with van der Waals surface area (Å²) in [7, 11) is 0. The summed E-state index contributed by atoms with van der Waals surface area (Å²) in [5.41, 5.74) is 0.649. The molecule has 1 fully saturated rings. The van der Waals surface area contributed by atoms with Crippen LogP contribution in [0.5, 0.6) is 0 Å². The molecular formula is C18H22FN3O3. The number of amides is 1. The van der Waals surface area contributed by atoms with Crippen LogP contribution < -0.4 is 5.32 Å². The van der Waals surface area contributed by atoms with Crippen LogP contribution in [0.15, 0.2) is 28.8 Å². The van der Waals surface area contributed by atoms with E-state index < -0.39 is 6.04 Å². The predicted octanol–water partition coefficient (Wildman–Crippen LogP) is 3.40. The fraction of sp³-hybridized carbons (Fsp3) is 0.500. The van der Waals surface area contributed by atoms with E-state index >= 15 is 0 Å². The smallest absolute Gasteiger partial charge is 0.249 e. The van der Waals surface area contributed by atoms with E-state index in [1.165, 1.54) is 18.6 Å². The molecule has 25 heavy (non-hydrogen) atoms. The molecule has 0 radical (unpaired) electrons. The number of ether oxygens (including phenoxy) is 1. The minimum absolute atomic E-state index is 0.0357. The van der Waals surface area contributed by atoms with Crippen LogP contribution in [0.1, 0.15) is 51.0 Å². The molecule has 3 rings (SSSR count). The Bertz CT molecular complexity index is 696. The largest absolute Gasteiger partial charge is 0.368 e. The molecule has 1 aromatic carbocycles. The fourth-order valence-corrected chi connectivity index (χ4v) is 2.90. The van der Waals surface area contributed by atoms with Gasteiger partial charge in [0, 0.05) is 5.56 Å². The van der Waals surface area contributed by atoms with Crippen molar-refractivity contribution < 1.29 is 18.4 Å². The van der Waals surface area contributed by atoms with Crippen molar-refractivity contribution in [3.8, 4) is 11.4 Å². The quantitative estimate of drug-likeness (QED) is 0.866. The number of carbonyl (C=O) groups is 1. The maximum atomic E-state index is 13.0.